The van der Waals surface area contributed by atoms with Crippen molar-refractivity contribution in [3.63, 3.8) is 0 Å². The highest BCUT2D eigenvalue weighted by Gasteiger charge is 2.35. The van der Waals surface area contributed by atoms with Gasteiger partial charge in [-0.1, -0.05) is 20.8 Å². The molecule has 1 aliphatic heterocycles. The molecule has 2 heterocycles. The number of aromatic nitrogens is 2. The summed E-state index contributed by atoms with van der Waals surface area (Å²) >= 11 is 1.66. The second-order valence-corrected chi connectivity index (χ2v) is 11.5. The van der Waals surface area contributed by atoms with Crippen LogP contribution < -0.4 is 4.31 Å². The van der Waals surface area contributed by atoms with Gasteiger partial charge in [0, 0.05) is 51.3 Å². The SMILES string of the molecule is CN1C=CN(SN(C)c2ccc3c(c2)nc(C(C)(C)C)n3CCC2CCC(F)(F)CC2)C1. The first-order valence-corrected chi connectivity index (χ1v) is 12.2. The zero-order chi connectivity index (χ0) is 23.1. The van der Waals surface area contributed by atoms with Gasteiger partial charge >= 0.3 is 0 Å². The number of imidazole rings is 1. The third-order valence-electron chi connectivity index (χ3n) is 6.44. The summed E-state index contributed by atoms with van der Waals surface area (Å²) in [5, 5.41) is 0. The van der Waals surface area contributed by atoms with Crippen LogP contribution in [0, 0.1) is 5.92 Å². The van der Waals surface area contributed by atoms with Crippen LogP contribution in [0.1, 0.15) is 58.7 Å². The number of alkyl halides is 2. The largest absolute Gasteiger partial charge is 0.361 e. The zero-order valence-electron chi connectivity index (χ0n) is 19.8. The van der Waals surface area contributed by atoms with Crippen LogP contribution in [0.15, 0.2) is 30.6 Å². The minimum Gasteiger partial charge on any atom is -0.361 e. The Morgan fingerprint density at radius 2 is 1.91 bits per heavy atom. The average molecular weight is 464 g/mol. The van der Waals surface area contributed by atoms with Crippen LogP contribution in [0.3, 0.4) is 0 Å². The molecule has 0 unspecified atom stereocenters. The molecule has 0 amide bonds. The van der Waals surface area contributed by atoms with Crippen molar-refractivity contribution in [2.45, 2.75) is 70.8 Å². The van der Waals surface area contributed by atoms with E-state index in [0.29, 0.717) is 18.8 Å². The van der Waals surface area contributed by atoms with E-state index >= 15 is 0 Å². The topological polar surface area (TPSA) is 27.5 Å². The van der Waals surface area contributed by atoms with Gasteiger partial charge in [0.15, 0.2) is 0 Å². The molecule has 1 saturated carbocycles. The van der Waals surface area contributed by atoms with Crippen LogP contribution in [0.4, 0.5) is 14.5 Å². The molecule has 1 aromatic carbocycles. The quantitative estimate of drug-likeness (QED) is 0.474. The molecule has 0 N–H and O–H groups in total. The molecule has 0 saturated heterocycles. The molecule has 4 rings (SSSR count). The lowest BCUT2D eigenvalue weighted by atomic mass is 9.84. The molecule has 1 aromatic heterocycles. The Labute approximate surface area is 194 Å². The molecule has 0 atom stereocenters. The first-order chi connectivity index (χ1) is 15.0. The van der Waals surface area contributed by atoms with E-state index in [-0.39, 0.29) is 18.3 Å². The summed E-state index contributed by atoms with van der Waals surface area (Å²) in [6.07, 6.45) is 6.38. The van der Waals surface area contributed by atoms with Gasteiger partial charge in [-0.05, 0) is 43.4 Å². The van der Waals surface area contributed by atoms with Crippen molar-refractivity contribution < 1.29 is 8.78 Å². The van der Waals surface area contributed by atoms with Gasteiger partial charge in [-0.2, -0.15) is 0 Å². The van der Waals surface area contributed by atoms with Gasteiger partial charge in [0.25, 0.3) is 0 Å². The smallest absolute Gasteiger partial charge is 0.248 e. The van der Waals surface area contributed by atoms with Gasteiger partial charge in [0.2, 0.25) is 5.92 Å². The van der Waals surface area contributed by atoms with Gasteiger partial charge in [0.05, 0.1) is 28.9 Å². The summed E-state index contributed by atoms with van der Waals surface area (Å²) in [4.78, 5) is 7.16. The van der Waals surface area contributed by atoms with E-state index in [1.54, 1.807) is 12.1 Å². The van der Waals surface area contributed by atoms with Crippen molar-refractivity contribution in [1.29, 1.82) is 0 Å². The normalized spacial score (nSPS) is 19.3. The van der Waals surface area contributed by atoms with Crippen molar-refractivity contribution >= 4 is 28.9 Å². The van der Waals surface area contributed by atoms with Crippen molar-refractivity contribution in [3.8, 4) is 0 Å². The van der Waals surface area contributed by atoms with Gasteiger partial charge in [-0.3, -0.25) is 4.31 Å². The van der Waals surface area contributed by atoms with Gasteiger partial charge in [-0.25, -0.2) is 13.8 Å². The standard InChI is InChI=1S/C24H35F2N5S/c1-23(2,3)22-27-20-16-19(29(5)32-30-15-14-28(4)17-30)6-7-21(20)31(22)13-10-18-8-11-24(25,26)12-9-18/h6-7,14-16,18H,8-13,17H2,1-5H3. The predicted molar refractivity (Wildman–Crippen MR) is 130 cm³/mol. The molecule has 0 radical (unpaired) electrons. The van der Waals surface area contributed by atoms with Crippen molar-refractivity contribution in [2.75, 3.05) is 25.1 Å². The fraction of sp³-hybridized carbons (Fsp3) is 0.625. The average Bonchev–Trinajstić information content (AvgIpc) is 3.29. The number of fused-ring (bicyclic) bond motifs is 1. The van der Waals surface area contributed by atoms with Crippen molar-refractivity contribution in [1.82, 2.24) is 18.8 Å². The van der Waals surface area contributed by atoms with Gasteiger partial charge < -0.3 is 13.8 Å². The minimum atomic E-state index is -2.46. The molecule has 0 spiro atoms. The van der Waals surface area contributed by atoms with Crippen LogP contribution in [0.25, 0.3) is 11.0 Å². The molecule has 176 valence electrons. The fourth-order valence-electron chi connectivity index (χ4n) is 4.57. The van der Waals surface area contributed by atoms with E-state index in [0.717, 1.165) is 42.2 Å². The molecule has 5 nitrogen and oxygen atoms in total. The number of hydrogen-bond acceptors (Lipinski definition) is 5. The minimum absolute atomic E-state index is 0.0316. The number of aryl methyl sites for hydroxylation is 1. The van der Waals surface area contributed by atoms with E-state index in [1.807, 2.05) is 0 Å². The zero-order valence-corrected chi connectivity index (χ0v) is 20.6. The number of halogens is 2. The van der Waals surface area contributed by atoms with Crippen LogP contribution in [0.2, 0.25) is 0 Å². The molecule has 8 heteroatoms. The predicted octanol–water partition coefficient (Wildman–Crippen LogP) is 6.22. The molecular formula is C24H35F2N5S. The Morgan fingerprint density at radius 1 is 1.19 bits per heavy atom. The van der Waals surface area contributed by atoms with Crippen molar-refractivity contribution in [3.05, 3.63) is 36.4 Å². The highest BCUT2D eigenvalue weighted by molar-refractivity contribution is 7.98. The molecule has 0 bridgehead atoms. The highest BCUT2D eigenvalue weighted by atomic mass is 32.2. The Morgan fingerprint density at radius 3 is 2.53 bits per heavy atom. The summed E-state index contributed by atoms with van der Waals surface area (Å²) in [6.45, 7) is 8.24. The second kappa shape index (κ2) is 8.76. The number of hydrogen-bond donors (Lipinski definition) is 0. The monoisotopic (exact) mass is 463 g/mol. The summed E-state index contributed by atoms with van der Waals surface area (Å²) in [5.74, 6) is -1.03. The summed E-state index contributed by atoms with van der Waals surface area (Å²) in [5.41, 5.74) is 3.12. The number of anilines is 1. The Bertz CT molecular complexity index is 971. The number of nitrogens with zero attached hydrogens (tertiary/aromatic N) is 5. The van der Waals surface area contributed by atoms with Crippen LogP contribution in [0.5, 0.6) is 0 Å². The van der Waals surface area contributed by atoms with Crippen LogP contribution >= 0.6 is 12.1 Å². The van der Waals surface area contributed by atoms with E-state index in [9.17, 15) is 8.78 Å². The second-order valence-electron chi connectivity index (χ2n) is 10.3. The molecule has 32 heavy (non-hydrogen) atoms. The van der Waals surface area contributed by atoms with Gasteiger partial charge in [0.1, 0.15) is 12.5 Å². The third-order valence-corrected chi connectivity index (χ3v) is 7.34. The van der Waals surface area contributed by atoms with E-state index < -0.39 is 5.92 Å². The van der Waals surface area contributed by atoms with E-state index in [4.69, 9.17) is 4.98 Å². The lowest BCUT2D eigenvalue weighted by Gasteiger charge is -2.29. The lowest BCUT2D eigenvalue weighted by Crippen LogP contribution is -2.26. The van der Waals surface area contributed by atoms with Crippen LogP contribution in [-0.2, 0) is 12.0 Å². The summed E-state index contributed by atoms with van der Waals surface area (Å²) < 4.78 is 33.7. The molecule has 1 aliphatic carbocycles. The van der Waals surface area contributed by atoms with E-state index in [1.165, 1.54) is 0 Å². The summed E-state index contributed by atoms with van der Waals surface area (Å²) in [7, 11) is 4.13. The Kier molecular flexibility index (Phi) is 6.36. The lowest BCUT2D eigenvalue weighted by molar-refractivity contribution is -0.0468. The van der Waals surface area contributed by atoms with Crippen molar-refractivity contribution in [2.24, 2.45) is 5.92 Å². The first kappa shape index (κ1) is 23.2. The number of benzene rings is 1. The molecular weight excluding hydrogens is 428 g/mol. The first-order valence-electron chi connectivity index (χ1n) is 11.5. The molecule has 1 fully saturated rings. The molecule has 2 aliphatic rings. The van der Waals surface area contributed by atoms with Crippen LogP contribution in [-0.4, -0.2) is 45.4 Å². The highest BCUT2D eigenvalue weighted by Crippen LogP contribution is 2.38. The maximum Gasteiger partial charge on any atom is 0.248 e. The maximum absolute atomic E-state index is 13.5. The summed E-state index contributed by atoms with van der Waals surface area (Å²) in [6, 6.07) is 6.45. The maximum atomic E-state index is 13.5. The Balaban J connectivity index is 1.53. The fourth-order valence-corrected chi connectivity index (χ4v) is 5.44. The number of rotatable bonds is 6. The molecule has 2 aromatic rings. The van der Waals surface area contributed by atoms with Gasteiger partial charge in [-0.15, -0.1) is 0 Å². The van der Waals surface area contributed by atoms with E-state index in [2.05, 4.69) is 83.5 Å². The Hall–Kier alpha value is -1.96. The third kappa shape index (κ3) is 5.16.